The highest BCUT2D eigenvalue weighted by atomic mass is 35.5. The first-order valence-electron chi connectivity index (χ1n) is 9.43. The molecule has 5 nitrogen and oxygen atoms in total. The van der Waals surface area contributed by atoms with Crippen molar-refractivity contribution in [1.82, 2.24) is 5.32 Å². The van der Waals surface area contributed by atoms with E-state index in [1.165, 1.54) is 4.90 Å². The van der Waals surface area contributed by atoms with E-state index in [2.05, 4.69) is 16.3 Å². The summed E-state index contributed by atoms with van der Waals surface area (Å²) in [4.78, 5) is 16.1. The minimum atomic E-state index is -0.161. The van der Waals surface area contributed by atoms with Crippen LogP contribution in [-0.2, 0) is 4.79 Å². The van der Waals surface area contributed by atoms with E-state index in [9.17, 15) is 4.79 Å². The summed E-state index contributed by atoms with van der Waals surface area (Å²) in [5.74, 6) is 0.914. The summed E-state index contributed by atoms with van der Waals surface area (Å²) in [7, 11) is 1.69. The Kier molecular flexibility index (Phi) is 7.05. The van der Waals surface area contributed by atoms with Gasteiger partial charge in [0, 0.05) is 10.0 Å². The van der Waals surface area contributed by atoms with Crippen LogP contribution < -0.4 is 19.9 Å². The summed E-state index contributed by atoms with van der Waals surface area (Å²) in [6.45, 7) is 5.98. The van der Waals surface area contributed by atoms with Gasteiger partial charge in [-0.3, -0.25) is 4.79 Å². The standard InChI is InChI=1S/C21H25Cl2N3O2/c1-15(17-8-7-16(22)13-18(17)23)24-21(27)14-25-9-11-26(12-10-25)19-5-3-4-6-20(19)28-2/h3-8,13,15H,9-12,14H2,1-2H3,(H,24,27)/p+1/t15-/m0/s1. The van der Waals surface area contributed by atoms with Gasteiger partial charge in [0.1, 0.15) is 5.75 Å². The summed E-state index contributed by atoms with van der Waals surface area (Å²) in [6.07, 6.45) is 0. The molecular weight excluding hydrogens is 397 g/mol. The van der Waals surface area contributed by atoms with Crippen LogP contribution in [0.25, 0.3) is 0 Å². The summed E-state index contributed by atoms with van der Waals surface area (Å²) < 4.78 is 5.46. The lowest BCUT2D eigenvalue weighted by Crippen LogP contribution is -3.15. The van der Waals surface area contributed by atoms with Crippen molar-refractivity contribution < 1.29 is 14.4 Å². The molecule has 0 unspecified atom stereocenters. The fraction of sp³-hybridized carbons (Fsp3) is 0.381. The van der Waals surface area contributed by atoms with Gasteiger partial charge in [0.25, 0.3) is 5.91 Å². The molecule has 2 aromatic carbocycles. The number of amides is 1. The predicted molar refractivity (Wildman–Crippen MR) is 114 cm³/mol. The largest absolute Gasteiger partial charge is 0.495 e. The quantitative estimate of drug-likeness (QED) is 0.751. The Hall–Kier alpha value is -1.95. The van der Waals surface area contributed by atoms with Crippen LogP contribution in [0, 0.1) is 0 Å². The molecule has 7 heteroatoms. The van der Waals surface area contributed by atoms with Crippen molar-refractivity contribution in [2.24, 2.45) is 0 Å². The number of rotatable bonds is 6. The maximum absolute atomic E-state index is 12.5. The molecule has 1 aliphatic heterocycles. The maximum Gasteiger partial charge on any atom is 0.275 e. The first-order chi connectivity index (χ1) is 13.5. The third-order valence-electron chi connectivity index (χ3n) is 5.11. The normalized spacial score (nSPS) is 15.9. The van der Waals surface area contributed by atoms with Crippen LogP contribution in [-0.4, -0.2) is 45.7 Å². The molecule has 0 aliphatic carbocycles. The second-order valence-electron chi connectivity index (χ2n) is 7.04. The van der Waals surface area contributed by atoms with Crippen LogP contribution in [0.4, 0.5) is 5.69 Å². The van der Waals surface area contributed by atoms with Crippen LogP contribution in [0.15, 0.2) is 42.5 Å². The van der Waals surface area contributed by atoms with Gasteiger partial charge in [-0.15, -0.1) is 0 Å². The third-order valence-corrected chi connectivity index (χ3v) is 5.68. The van der Waals surface area contributed by atoms with Gasteiger partial charge < -0.3 is 19.9 Å². The molecule has 0 saturated carbocycles. The Morgan fingerprint density at radius 3 is 2.61 bits per heavy atom. The smallest absolute Gasteiger partial charge is 0.275 e. The van der Waals surface area contributed by atoms with Crippen molar-refractivity contribution in [2.75, 3.05) is 44.7 Å². The summed E-state index contributed by atoms with van der Waals surface area (Å²) in [5.41, 5.74) is 1.98. The van der Waals surface area contributed by atoms with Crippen molar-refractivity contribution in [3.8, 4) is 5.75 Å². The van der Waals surface area contributed by atoms with E-state index in [1.54, 1.807) is 19.2 Å². The van der Waals surface area contributed by atoms with E-state index in [0.29, 0.717) is 16.6 Å². The number of piperazine rings is 1. The van der Waals surface area contributed by atoms with E-state index >= 15 is 0 Å². The number of halogens is 2. The van der Waals surface area contributed by atoms with E-state index in [-0.39, 0.29) is 11.9 Å². The predicted octanol–water partition coefficient (Wildman–Crippen LogP) is 2.58. The molecule has 0 radical (unpaired) electrons. The summed E-state index contributed by atoms with van der Waals surface area (Å²) >= 11 is 12.2. The molecule has 150 valence electrons. The minimum Gasteiger partial charge on any atom is -0.495 e. The SMILES string of the molecule is COc1ccccc1N1CC[NH+](CC(=O)N[C@@H](C)c2ccc(Cl)cc2Cl)CC1. The van der Waals surface area contributed by atoms with Crippen LogP contribution in [0.5, 0.6) is 5.75 Å². The van der Waals surface area contributed by atoms with Crippen molar-refractivity contribution in [1.29, 1.82) is 0 Å². The number of hydrogen-bond acceptors (Lipinski definition) is 3. The van der Waals surface area contributed by atoms with E-state index in [1.807, 2.05) is 31.2 Å². The Balaban J connectivity index is 1.51. The Morgan fingerprint density at radius 2 is 1.93 bits per heavy atom. The zero-order chi connectivity index (χ0) is 20.1. The molecule has 2 aromatic rings. The van der Waals surface area contributed by atoms with E-state index in [0.717, 1.165) is 43.2 Å². The number of benzene rings is 2. The average Bonchev–Trinajstić information content (AvgIpc) is 2.68. The molecule has 1 fully saturated rings. The number of nitrogens with one attached hydrogen (secondary N) is 2. The minimum absolute atomic E-state index is 0.0271. The first kappa shape index (κ1) is 20.8. The lowest BCUT2D eigenvalue weighted by atomic mass is 10.1. The lowest BCUT2D eigenvalue weighted by Gasteiger charge is -2.34. The van der Waals surface area contributed by atoms with Crippen molar-refractivity contribution in [3.63, 3.8) is 0 Å². The number of hydrogen-bond donors (Lipinski definition) is 2. The molecule has 0 aromatic heterocycles. The second-order valence-corrected chi connectivity index (χ2v) is 7.88. The van der Waals surface area contributed by atoms with E-state index in [4.69, 9.17) is 27.9 Å². The number of para-hydroxylation sites is 2. The molecule has 0 bridgehead atoms. The van der Waals surface area contributed by atoms with Gasteiger partial charge in [-0.05, 0) is 36.8 Å². The molecule has 2 N–H and O–H groups in total. The van der Waals surface area contributed by atoms with Crippen molar-refractivity contribution in [2.45, 2.75) is 13.0 Å². The number of ether oxygens (including phenoxy) is 1. The van der Waals surface area contributed by atoms with Gasteiger partial charge in [-0.25, -0.2) is 0 Å². The average molecular weight is 423 g/mol. The number of carbonyl (C=O) groups excluding carboxylic acids is 1. The van der Waals surface area contributed by atoms with Crippen LogP contribution in [0.2, 0.25) is 10.0 Å². The highest BCUT2D eigenvalue weighted by molar-refractivity contribution is 6.35. The van der Waals surface area contributed by atoms with Crippen molar-refractivity contribution in [3.05, 3.63) is 58.1 Å². The zero-order valence-electron chi connectivity index (χ0n) is 16.2. The van der Waals surface area contributed by atoms with Gasteiger partial charge >= 0.3 is 0 Å². The Bertz CT molecular complexity index is 823. The molecule has 1 aliphatic rings. The van der Waals surface area contributed by atoms with Gasteiger partial charge in [-0.1, -0.05) is 41.4 Å². The van der Waals surface area contributed by atoms with Crippen LogP contribution >= 0.6 is 23.2 Å². The summed E-state index contributed by atoms with van der Waals surface area (Å²) in [6, 6.07) is 13.2. The Labute approximate surface area is 176 Å². The van der Waals surface area contributed by atoms with Crippen LogP contribution in [0.3, 0.4) is 0 Å². The Morgan fingerprint density at radius 1 is 1.21 bits per heavy atom. The highest BCUT2D eigenvalue weighted by Crippen LogP contribution is 2.27. The lowest BCUT2D eigenvalue weighted by molar-refractivity contribution is -0.892. The number of quaternary nitrogens is 1. The fourth-order valence-corrected chi connectivity index (χ4v) is 4.15. The molecule has 1 atom stereocenters. The van der Waals surface area contributed by atoms with Gasteiger partial charge in [0.15, 0.2) is 6.54 Å². The maximum atomic E-state index is 12.5. The fourth-order valence-electron chi connectivity index (χ4n) is 3.58. The summed E-state index contributed by atoms with van der Waals surface area (Å²) in [5, 5.41) is 4.20. The van der Waals surface area contributed by atoms with Crippen molar-refractivity contribution >= 4 is 34.8 Å². The molecule has 1 amide bonds. The van der Waals surface area contributed by atoms with Crippen LogP contribution in [0.1, 0.15) is 18.5 Å². The number of anilines is 1. The molecular formula is C21H26Cl2N3O2+. The molecule has 3 rings (SSSR count). The number of nitrogens with zero attached hydrogens (tertiary/aromatic N) is 1. The second kappa shape index (κ2) is 9.50. The van der Waals surface area contributed by atoms with Gasteiger partial charge in [0.05, 0.1) is 45.0 Å². The molecule has 0 spiro atoms. The number of carbonyl (C=O) groups is 1. The monoisotopic (exact) mass is 422 g/mol. The third kappa shape index (κ3) is 5.10. The number of methoxy groups -OCH3 is 1. The van der Waals surface area contributed by atoms with E-state index < -0.39 is 0 Å². The topological polar surface area (TPSA) is 46.0 Å². The molecule has 1 heterocycles. The van der Waals surface area contributed by atoms with Gasteiger partial charge in [-0.2, -0.15) is 0 Å². The molecule has 28 heavy (non-hydrogen) atoms. The molecule has 1 saturated heterocycles. The zero-order valence-corrected chi connectivity index (χ0v) is 17.7. The van der Waals surface area contributed by atoms with Gasteiger partial charge in [0.2, 0.25) is 0 Å². The first-order valence-corrected chi connectivity index (χ1v) is 10.2. The highest BCUT2D eigenvalue weighted by Gasteiger charge is 2.24.